The van der Waals surface area contributed by atoms with Crippen molar-refractivity contribution in [2.75, 3.05) is 7.11 Å². The van der Waals surface area contributed by atoms with Gasteiger partial charge in [-0.1, -0.05) is 30.4 Å². The Morgan fingerprint density at radius 1 is 0.792 bits per heavy atom. The average Bonchev–Trinajstić information content (AvgIpc) is 2.53. The first-order chi connectivity index (χ1) is 11.5. The molecule has 2 aromatic rings. The molecule has 0 aromatic heterocycles. The average molecular weight is 326 g/mol. The first-order valence-corrected chi connectivity index (χ1v) is 7.31. The van der Waals surface area contributed by atoms with E-state index in [4.69, 9.17) is 14.2 Å². The van der Waals surface area contributed by atoms with Crippen LogP contribution in [0.1, 0.15) is 25.0 Å². The molecule has 0 saturated heterocycles. The Morgan fingerprint density at radius 3 is 1.96 bits per heavy atom. The Morgan fingerprint density at radius 2 is 1.38 bits per heavy atom. The fourth-order valence-corrected chi connectivity index (χ4v) is 2.04. The van der Waals surface area contributed by atoms with Gasteiger partial charge in [0.25, 0.3) is 0 Å². The van der Waals surface area contributed by atoms with E-state index in [1.165, 1.54) is 21.0 Å². The van der Waals surface area contributed by atoms with Gasteiger partial charge in [0.15, 0.2) is 11.5 Å². The van der Waals surface area contributed by atoms with Crippen LogP contribution >= 0.6 is 0 Å². The minimum atomic E-state index is -0.407. The highest BCUT2D eigenvalue weighted by atomic mass is 16.6. The summed E-state index contributed by atoms with van der Waals surface area (Å²) >= 11 is 0. The second kappa shape index (κ2) is 7.97. The maximum Gasteiger partial charge on any atom is 0.308 e. The molecule has 0 unspecified atom stereocenters. The molecule has 0 amide bonds. The van der Waals surface area contributed by atoms with Crippen LogP contribution in [0, 0.1) is 0 Å². The highest BCUT2D eigenvalue weighted by molar-refractivity contribution is 5.74. The number of rotatable bonds is 5. The Balaban J connectivity index is 2.16. The van der Waals surface area contributed by atoms with E-state index >= 15 is 0 Å². The third-order valence-electron chi connectivity index (χ3n) is 3.05. The summed E-state index contributed by atoms with van der Waals surface area (Å²) in [5.74, 6) is 0.608. The third-order valence-corrected chi connectivity index (χ3v) is 3.05. The summed E-state index contributed by atoms with van der Waals surface area (Å²) in [5, 5.41) is 0. The summed E-state index contributed by atoms with van der Waals surface area (Å²) in [4.78, 5) is 22.0. The van der Waals surface area contributed by atoms with Gasteiger partial charge in [-0.05, 0) is 35.4 Å². The van der Waals surface area contributed by atoms with Crippen LogP contribution in [0.3, 0.4) is 0 Å². The zero-order chi connectivity index (χ0) is 17.5. The van der Waals surface area contributed by atoms with Crippen molar-refractivity contribution in [2.45, 2.75) is 13.8 Å². The Labute approximate surface area is 140 Å². The summed E-state index contributed by atoms with van der Waals surface area (Å²) in [6, 6.07) is 12.4. The molecule has 0 atom stereocenters. The molecule has 0 aliphatic carbocycles. The van der Waals surface area contributed by atoms with Crippen LogP contribution < -0.4 is 14.2 Å². The predicted octanol–water partition coefficient (Wildman–Crippen LogP) is 3.72. The molecular formula is C19H18O5. The Kier molecular flexibility index (Phi) is 5.73. The maximum absolute atomic E-state index is 11.1. The lowest BCUT2D eigenvalue weighted by atomic mass is 10.1. The smallest absolute Gasteiger partial charge is 0.308 e. The van der Waals surface area contributed by atoms with Gasteiger partial charge < -0.3 is 14.2 Å². The van der Waals surface area contributed by atoms with E-state index in [-0.39, 0.29) is 5.97 Å². The molecule has 0 fully saturated rings. The van der Waals surface area contributed by atoms with Crippen LogP contribution in [-0.4, -0.2) is 19.0 Å². The summed E-state index contributed by atoms with van der Waals surface area (Å²) in [5.41, 5.74) is 1.80. The van der Waals surface area contributed by atoms with Crippen molar-refractivity contribution in [3.63, 3.8) is 0 Å². The zero-order valence-electron chi connectivity index (χ0n) is 13.7. The van der Waals surface area contributed by atoms with Crippen LogP contribution in [0.25, 0.3) is 12.2 Å². The first-order valence-electron chi connectivity index (χ1n) is 7.31. The second-order valence-corrected chi connectivity index (χ2v) is 5.00. The normalized spacial score (nSPS) is 10.5. The van der Waals surface area contributed by atoms with Gasteiger partial charge in [0.1, 0.15) is 5.75 Å². The molecule has 0 bridgehead atoms. The molecule has 0 aliphatic heterocycles. The lowest BCUT2D eigenvalue weighted by molar-refractivity contribution is -0.132. The van der Waals surface area contributed by atoms with E-state index in [9.17, 15) is 9.59 Å². The van der Waals surface area contributed by atoms with E-state index in [2.05, 4.69) is 0 Å². The van der Waals surface area contributed by atoms with Gasteiger partial charge in [-0.25, -0.2) is 0 Å². The van der Waals surface area contributed by atoms with Gasteiger partial charge in [-0.2, -0.15) is 0 Å². The fourth-order valence-electron chi connectivity index (χ4n) is 2.04. The van der Waals surface area contributed by atoms with Gasteiger partial charge in [0.05, 0.1) is 7.11 Å². The second-order valence-electron chi connectivity index (χ2n) is 5.00. The molecule has 2 aromatic carbocycles. The van der Waals surface area contributed by atoms with Crippen molar-refractivity contribution in [1.82, 2.24) is 0 Å². The molecule has 0 radical (unpaired) electrons. The number of carbonyl (C=O) groups excluding carboxylic acids is 2. The van der Waals surface area contributed by atoms with Crippen molar-refractivity contribution in [2.24, 2.45) is 0 Å². The molecule has 0 saturated carbocycles. The molecule has 0 aliphatic rings. The summed E-state index contributed by atoms with van der Waals surface area (Å²) < 4.78 is 15.3. The zero-order valence-corrected chi connectivity index (χ0v) is 13.7. The molecule has 2 rings (SSSR count). The van der Waals surface area contributed by atoms with Gasteiger partial charge in [-0.15, -0.1) is 0 Å². The molecule has 5 nitrogen and oxygen atoms in total. The van der Waals surface area contributed by atoms with Gasteiger partial charge in [-0.3, -0.25) is 9.59 Å². The van der Waals surface area contributed by atoms with Crippen molar-refractivity contribution < 1.29 is 23.8 Å². The number of benzene rings is 2. The van der Waals surface area contributed by atoms with Crippen LogP contribution in [0.4, 0.5) is 0 Å². The van der Waals surface area contributed by atoms with E-state index in [1.54, 1.807) is 24.3 Å². The number of esters is 2. The predicted molar refractivity (Wildman–Crippen MR) is 91.0 cm³/mol. The van der Waals surface area contributed by atoms with E-state index in [0.717, 1.165) is 11.1 Å². The largest absolute Gasteiger partial charge is 0.493 e. The number of carbonyl (C=O) groups is 2. The first kappa shape index (κ1) is 17.3. The van der Waals surface area contributed by atoms with Crippen molar-refractivity contribution in [3.05, 3.63) is 53.6 Å². The standard InChI is InChI=1S/C19H18O5/c1-13(20)23-17-9-6-15(7-10-17)4-5-16-8-11-18(22-3)19(12-16)24-14(2)21/h4-12H,1-3H3/b5-4-. The van der Waals surface area contributed by atoms with E-state index in [0.29, 0.717) is 17.2 Å². The monoisotopic (exact) mass is 326 g/mol. The van der Waals surface area contributed by atoms with E-state index < -0.39 is 5.97 Å². The van der Waals surface area contributed by atoms with Crippen LogP contribution in [0.15, 0.2) is 42.5 Å². The highest BCUT2D eigenvalue weighted by Crippen LogP contribution is 2.29. The number of ether oxygens (including phenoxy) is 3. The molecule has 5 heteroatoms. The van der Waals surface area contributed by atoms with Crippen molar-refractivity contribution >= 4 is 24.1 Å². The lowest BCUT2D eigenvalue weighted by Gasteiger charge is -2.08. The third kappa shape index (κ3) is 4.98. The number of methoxy groups -OCH3 is 1. The van der Waals surface area contributed by atoms with Gasteiger partial charge in [0, 0.05) is 13.8 Å². The quantitative estimate of drug-likeness (QED) is 0.476. The molecule has 0 heterocycles. The van der Waals surface area contributed by atoms with Crippen LogP contribution in [0.2, 0.25) is 0 Å². The molecule has 0 N–H and O–H groups in total. The topological polar surface area (TPSA) is 61.8 Å². The van der Waals surface area contributed by atoms with Crippen LogP contribution in [0.5, 0.6) is 17.2 Å². The van der Waals surface area contributed by atoms with Gasteiger partial charge in [0.2, 0.25) is 0 Å². The molecule has 24 heavy (non-hydrogen) atoms. The van der Waals surface area contributed by atoms with Crippen molar-refractivity contribution in [1.29, 1.82) is 0 Å². The number of hydrogen-bond acceptors (Lipinski definition) is 5. The van der Waals surface area contributed by atoms with Crippen LogP contribution in [-0.2, 0) is 9.59 Å². The molecular weight excluding hydrogens is 308 g/mol. The molecule has 124 valence electrons. The van der Waals surface area contributed by atoms with E-state index in [1.807, 2.05) is 30.4 Å². The summed E-state index contributed by atoms with van der Waals surface area (Å²) in [6.45, 7) is 2.70. The maximum atomic E-state index is 11.1. The Hall–Kier alpha value is -3.08. The minimum absolute atomic E-state index is 0.352. The lowest BCUT2D eigenvalue weighted by Crippen LogP contribution is -2.03. The minimum Gasteiger partial charge on any atom is -0.493 e. The molecule has 0 spiro atoms. The fraction of sp³-hybridized carbons (Fsp3) is 0.158. The summed E-state index contributed by atoms with van der Waals surface area (Å²) in [7, 11) is 1.52. The van der Waals surface area contributed by atoms with Gasteiger partial charge >= 0.3 is 11.9 Å². The Bertz CT molecular complexity index is 760. The SMILES string of the molecule is COc1ccc(/C=C\c2ccc(OC(C)=O)cc2)cc1OC(C)=O. The highest BCUT2D eigenvalue weighted by Gasteiger charge is 2.07. The van der Waals surface area contributed by atoms with Crippen molar-refractivity contribution in [3.8, 4) is 17.2 Å². The number of hydrogen-bond donors (Lipinski definition) is 0. The summed E-state index contributed by atoms with van der Waals surface area (Å²) in [6.07, 6.45) is 3.78.